The summed E-state index contributed by atoms with van der Waals surface area (Å²) in [5.41, 5.74) is 4.19. The second-order valence-corrected chi connectivity index (χ2v) is 16.9. The van der Waals surface area contributed by atoms with Crippen LogP contribution in [-0.2, 0) is 24.6 Å². The largest absolute Gasteiger partial charge is 0.277 e. The minimum Gasteiger partial charge on any atom is -0.277 e. The molecule has 1 fully saturated rings. The predicted molar refractivity (Wildman–Crippen MR) is 190 cm³/mol. The zero-order valence-electron chi connectivity index (χ0n) is 26.4. The van der Waals surface area contributed by atoms with Crippen LogP contribution in [0, 0.1) is 22.7 Å². The summed E-state index contributed by atoms with van der Waals surface area (Å²) in [4.78, 5) is 57.7. The van der Waals surface area contributed by atoms with Crippen molar-refractivity contribution in [2.75, 3.05) is 14.1 Å². The van der Waals surface area contributed by atoms with Crippen molar-refractivity contribution in [3.05, 3.63) is 66.5 Å². The molecular weight excluding hydrogens is 681 g/mol. The molecule has 12 heteroatoms. The van der Waals surface area contributed by atoms with E-state index in [-0.39, 0.29) is 16.6 Å². The molecule has 0 saturated heterocycles. The van der Waals surface area contributed by atoms with Crippen molar-refractivity contribution in [1.29, 1.82) is 10.5 Å². The average molecular weight is 707 g/mol. The highest BCUT2D eigenvalue weighted by Gasteiger charge is 2.49. The Morgan fingerprint density at radius 2 is 1.08 bits per heavy atom. The Morgan fingerprint density at radius 1 is 0.667 bits per heavy atom. The Hall–Kier alpha value is -4.46. The molecule has 8 nitrogen and oxygen atoms in total. The Bertz CT molecular complexity index is 2270. The number of carbonyl (C=O) groups is 4. The van der Waals surface area contributed by atoms with E-state index in [1.54, 1.807) is 59.2 Å². The van der Waals surface area contributed by atoms with Crippen LogP contribution in [0.15, 0.2) is 45.6 Å². The van der Waals surface area contributed by atoms with Crippen LogP contribution in [0.1, 0.15) is 66.8 Å². The van der Waals surface area contributed by atoms with Gasteiger partial charge in [-0.25, -0.2) is 0 Å². The number of carbonyl (C=O) groups excluding carboxylic acids is 4. The monoisotopic (exact) mass is 706 g/mol. The summed E-state index contributed by atoms with van der Waals surface area (Å²) in [5, 5.41) is 19.2. The zero-order valence-corrected chi connectivity index (χ0v) is 29.7. The molecule has 1 spiro atoms. The van der Waals surface area contributed by atoms with E-state index >= 15 is 0 Å². The fourth-order valence-electron chi connectivity index (χ4n) is 7.60. The van der Waals surface area contributed by atoms with Crippen LogP contribution in [0.2, 0.25) is 0 Å². The number of amides is 4. The van der Waals surface area contributed by atoms with Gasteiger partial charge in [0, 0.05) is 60.9 Å². The molecule has 4 aromatic heterocycles. The molecule has 1 saturated carbocycles. The molecule has 8 rings (SSSR count). The molecule has 0 N–H and O–H groups in total. The molecule has 2 aliphatic carbocycles. The van der Waals surface area contributed by atoms with Crippen LogP contribution in [0.4, 0.5) is 0 Å². The Labute approximate surface area is 291 Å². The maximum Gasteiger partial charge on any atom is 0.271 e. The standard InChI is InChI=1S/C36H26N4O4S4/c1-16-20(32(41)39(3)34(43)22(16)14-37)10-18-12-24-28(45-18)26-30(47-24)31-27(36(26)8-6-5-7-9-36)29-25(48-31)13-19(46-29)11-21-17(2)23(15-38)35(44)40(4)33(21)42/h10-13H,5-9H2,1-4H3/b20-10+,21-11+. The molecule has 238 valence electrons. The fraction of sp³-hybridized carbons (Fsp3) is 0.278. The molecule has 0 aromatic carbocycles. The van der Waals surface area contributed by atoms with Gasteiger partial charge in [-0.1, -0.05) is 19.3 Å². The maximum absolute atomic E-state index is 13.1. The van der Waals surface area contributed by atoms with Crippen LogP contribution >= 0.6 is 45.3 Å². The number of nitriles is 2. The molecule has 0 atom stereocenters. The normalized spacial score (nSPS) is 21.0. The van der Waals surface area contributed by atoms with Crippen molar-refractivity contribution in [2.45, 2.75) is 51.4 Å². The molecule has 4 aliphatic rings. The van der Waals surface area contributed by atoms with E-state index in [0.717, 1.165) is 45.2 Å². The van der Waals surface area contributed by atoms with Gasteiger partial charge < -0.3 is 0 Å². The minimum atomic E-state index is -0.571. The van der Waals surface area contributed by atoms with Gasteiger partial charge in [-0.05, 0) is 62.1 Å². The van der Waals surface area contributed by atoms with Gasteiger partial charge in [0.2, 0.25) is 0 Å². The van der Waals surface area contributed by atoms with Crippen molar-refractivity contribution in [1.82, 2.24) is 9.80 Å². The lowest BCUT2D eigenvalue weighted by Crippen LogP contribution is -2.39. The van der Waals surface area contributed by atoms with Crippen molar-refractivity contribution in [3.8, 4) is 21.9 Å². The quantitative estimate of drug-likeness (QED) is 0.154. The summed E-state index contributed by atoms with van der Waals surface area (Å²) >= 11 is 6.92. The van der Waals surface area contributed by atoms with Crippen molar-refractivity contribution >= 4 is 99.9 Å². The summed E-state index contributed by atoms with van der Waals surface area (Å²) in [6.45, 7) is 3.32. The summed E-state index contributed by atoms with van der Waals surface area (Å²) in [7, 11) is 2.82. The van der Waals surface area contributed by atoms with Crippen molar-refractivity contribution in [3.63, 3.8) is 0 Å². The SMILES string of the molecule is CC1=C(C#N)C(=O)N(C)C(=O)/C1=C/c1cc2sc3c(c2s1)C1(CCCCC1)c1c-3sc2cc(/C=C3/C(=O)N(C)C(=O)C(C#N)=C3C)sc12. The Balaban J connectivity index is 1.26. The minimum absolute atomic E-state index is 0.00627. The highest BCUT2D eigenvalue weighted by molar-refractivity contribution is 7.35. The number of likely N-dealkylation sites (N-methyl/N-ethyl adjacent to an activating group) is 2. The van der Waals surface area contributed by atoms with Gasteiger partial charge in [-0.2, -0.15) is 10.5 Å². The van der Waals surface area contributed by atoms with E-state index in [1.165, 1.54) is 60.2 Å². The molecule has 4 amide bonds. The van der Waals surface area contributed by atoms with Gasteiger partial charge in [0.1, 0.15) is 23.3 Å². The summed E-state index contributed by atoms with van der Waals surface area (Å²) in [6.07, 6.45) is 9.19. The van der Waals surface area contributed by atoms with E-state index in [9.17, 15) is 29.7 Å². The summed E-state index contributed by atoms with van der Waals surface area (Å²) in [5.74, 6) is -1.95. The van der Waals surface area contributed by atoms with Crippen LogP contribution in [0.5, 0.6) is 0 Å². The molecule has 2 aliphatic heterocycles. The molecule has 0 bridgehead atoms. The first kappa shape index (κ1) is 30.8. The smallest absolute Gasteiger partial charge is 0.271 e. The molecule has 0 radical (unpaired) electrons. The first-order valence-corrected chi connectivity index (χ1v) is 18.7. The van der Waals surface area contributed by atoms with E-state index in [4.69, 9.17) is 0 Å². The second-order valence-electron chi connectivity index (χ2n) is 12.6. The molecule has 48 heavy (non-hydrogen) atoms. The van der Waals surface area contributed by atoms with Gasteiger partial charge in [0.05, 0.1) is 19.2 Å². The third kappa shape index (κ3) is 4.07. The zero-order chi connectivity index (χ0) is 33.8. The summed E-state index contributed by atoms with van der Waals surface area (Å²) in [6, 6.07) is 8.21. The average Bonchev–Trinajstić information content (AvgIpc) is 3.85. The fourth-order valence-corrected chi connectivity index (χ4v) is 13.3. The summed E-state index contributed by atoms with van der Waals surface area (Å²) < 4.78 is 4.82. The van der Waals surface area contributed by atoms with Gasteiger partial charge in [0.25, 0.3) is 23.6 Å². The van der Waals surface area contributed by atoms with Crippen LogP contribution < -0.4 is 0 Å². The lowest BCUT2D eigenvalue weighted by molar-refractivity contribution is -0.140. The Morgan fingerprint density at radius 3 is 1.48 bits per heavy atom. The third-order valence-electron chi connectivity index (χ3n) is 10.1. The maximum atomic E-state index is 13.1. The molecule has 4 aromatic rings. The first-order chi connectivity index (χ1) is 23.0. The highest BCUT2D eigenvalue weighted by Crippen LogP contribution is 2.66. The van der Waals surface area contributed by atoms with Gasteiger partial charge in [0.15, 0.2) is 0 Å². The molecule has 6 heterocycles. The van der Waals surface area contributed by atoms with Crippen LogP contribution in [-0.4, -0.2) is 47.5 Å². The lowest BCUT2D eigenvalue weighted by Gasteiger charge is -2.35. The van der Waals surface area contributed by atoms with Gasteiger partial charge in [-0.15, -0.1) is 45.3 Å². The van der Waals surface area contributed by atoms with E-state index in [0.29, 0.717) is 22.3 Å². The number of hydrogen-bond donors (Lipinski definition) is 0. The van der Waals surface area contributed by atoms with Gasteiger partial charge in [-0.3, -0.25) is 29.0 Å². The number of thiophene rings is 4. The number of hydrogen-bond acceptors (Lipinski definition) is 10. The third-order valence-corrected chi connectivity index (χ3v) is 15.0. The number of imide groups is 2. The van der Waals surface area contributed by atoms with Crippen molar-refractivity contribution < 1.29 is 19.2 Å². The topological polar surface area (TPSA) is 122 Å². The van der Waals surface area contributed by atoms with E-state index < -0.39 is 23.6 Å². The predicted octanol–water partition coefficient (Wildman–Crippen LogP) is 7.91. The van der Waals surface area contributed by atoms with E-state index in [1.807, 2.05) is 24.3 Å². The lowest BCUT2D eigenvalue weighted by atomic mass is 9.68. The van der Waals surface area contributed by atoms with E-state index in [2.05, 4.69) is 12.1 Å². The van der Waals surface area contributed by atoms with Crippen molar-refractivity contribution in [2.24, 2.45) is 0 Å². The van der Waals surface area contributed by atoms with Crippen LogP contribution in [0.25, 0.3) is 40.7 Å². The number of fused-ring (bicyclic) bond motifs is 9. The Kier molecular flexibility index (Phi) is 6.92. The second kappa shape index (κ2) is 10.8. The first-order valence-electron chi connectivity index (χ1n) is 15.5. The molecular formula is C36H26N4O4S4. The highest BCUT2D eigenvalue weighted by atomic mass is 32.1. The number of rotatable bonds is 2. The molecule has 0 unspecified atom stereocenters. The van der Waals surface area contributed by atoms with Crippen LogP contribution in [0.3, 0.4) is 0 Å². The van der Waals surface area contributed by atoms with Gasteiger partial charge >= 0.3 is 0 Å². The number of nitrogens with zero attached hydrogens (tertiary/aromatic N) is 4.